The van der Waals surface area contributed by atoms with Gasteiger partial charge in [0.05, 0.1) is 0 Å². The summed E-state index contributed by atoms with van der Waals surface area (Å²) in [6.07, 6.45) is 0. The van der Waals surface area contributed by atoms with Gasteiger partial charge in [-0.2, -0.15) is 0 Å². The lowest BCUT2D eigenvalue weighted by Gasteiger charge is -2.15. The van der Waals surface area contributed by atoms with Crippen molar-refractivity contribution in [3.8, 4) is 11.1 Å². The van der Waals surface area contributed by atoms with Gasteiger partial charge in [-0.15, -0.1) is 0 Å². The highest BCUT2D eigenvalue weighted by Crippen LogP contribution is 2.27. The fraction of sp³-hybridized carbons (Fsp3) is 0.333. The van der Waals surface area contributed by atoms with Crippen LogP contribution in [-0.4, -0.2) is 6.04 Å². The Morgan fingerprint density at radius 2 is 1.68 bits per heavy atom. The van der Waals surface area contributed by atoms with Crippen LogP contribution in [-0.2, 0) is 6.54 Å². The summed E-state index contributed by atoms with van der Waals surface area (Å²) in [6, 6.07) is 15.8. The normalized spacial score (nSPS) is 11.0. The van der Waals surface area contributed by atoms with E-state index in [4.69, 9.17) is 0 Å². The average molecular weight is 253 g/mol. The van der Waals surface area contributed by atoms with Gasteiger partial charge in [-0.1, -0.05) is 61.9 Å². The van der Waals surface area contributed by atoms with Crippen LogP contribution in [0.4, 0.5) is 0 Å². The highest BCUT2D eigenvalue weighted by atomic mass is 14.9. The third kappa shape index (κ3) is 3.45. The number of aryl methyl sites for hydroxylation is 2. The van der Waals surface area contributed by atoms with Crippen molar-refractivity contribution in [1.29, 1.82) is 0 Å². The number of hydrogen-bond donors (Lipinski definition) is 1. The number of hydrogen-bond acceptors (Lipinski definition) is 1. The van der Waals surface area contributed by atoms with E-state index in [0.717, 1.165) is 6.54 Å². The Morgan fingerprint density at radius 3 is 2.42 bits per heavy atom. The maximum atomic E-state index is 3.51. The van der Waals surface area contributed by atoms with E-state index in [1.54, 1.807) is 0 Å². The summed E-state index contributed by atoms with van der Waals surface area (Å²) in [5.41, 5.74) is 6.71. The molecule has 1 heteroatoms. The molecule has 1 nitrogen and oxygen atoms in total. The summed E-state index contributed by atoms with van der Waals surface area (Å²) in [6.45, 7) is 9.61. The second-order valence-corrected chi connectivity index (χ2v) is 5.51. The molecule has 0 saturated carbocycles. The Hall–Kier alpha value is -1.60. The first-order valence-corrected chi connectivity index (χ1v) is 6.97. The molecule has 0 atom stereocenters. The SMILES string of the molecule is Cc1ccc(C)c(-c2ccccc2CNC(C)C)c1. The molecule has 0 saturated heterocycles. The fourth-order valence-corrected chi connectivity index (χ4v) is 2.28. The van der Waals surface area contributed by atoms with E-state index in [-0.39, 0.29) is 0 Å². The molecule has 1 N–H and O–H groups in total. The lowest BCUT2D eigenvalue weighted by molar-refractivity contribution is 0.589. The van der Waals surface area contributed by atoms with Crippen LogP contribution in [0.1, 0.15) is 30.5 Å². The standard InChI is InChI=1S/C18H23N/c1-13(2)19-12-16-7-5-6-8-17(16)18-11-14(3)9-10-15(18)4/h5-11,13,19H,12H2,1-4H3. The Bertz CT molecular complexity index is 555. The molecular formula is C18H23N. The van der Waals surface area contributed by atoms with Crippen LogP contribution in [0.3, 0.4) is 0 Å². The van der Waals surface area contributed by atoms with Crippen molar-refractivity contribution in [1.82, 2.24) is 5.32 Å². The molecule has 0 aliphatic heterocycles. The molecule has 2 aromatic rings. The second kappa shape index (κ2) is 6.03. The van der Waals surface area contributed by atoms with Crippen molar-refractivity contribution in [3.05, 3.63) is 59.2 Å². The largest absolute Gasteiger partial charge is 0.310 e. The van der Waals surface area contributed by atoms with E-state index in [2.05, 4.69) is 75.5 Å². The van der Waals surface area contributed by atoms with Crippen molar-refractivity contribution in [2.24, 2.45) is 0 Å². The van der Waals surface area contributed by atoms with Crippen LogP contribution in [0.2, 0.25) is 0 Å². The van der Waals surface area contributed by atoms with Crippen LogP contribution < -0.4 is 5.32 Å². The molecule has 0 amide bonds. The lowest BCUT2D eigenvalue weighted by Crippen LogP contribution is -2.22. The highest BCUT2D eigenvalue weighted by Gasteiger charge is 2.07. The molecule has 0 aromatic heterocycles. The topological polar surface area (TPSA) is 12.0 Å². The number of rotatable bonds is 4. The Labute approximate surface area is 116 Å². The molecule has 0 aliphatic carbocycles. The van der Waals surface area contributed by atoms with Gasteiger partial charge in [-0.25, -0.2) is 0 Å². The van der Waals surface area contributed by atoms with Crippen LogP contribution >= 0.6 is 0 Å². The summed E-state index contributed by atoms with van der Waals surface area (Å²) in [7, 11) is 0. The molecule has 0 fully saturated rings. The van der Waals surface area contributed by atoms with Gasteiger partial charge < -0.3 is 5.32 Å². The third-order valence-corrected chi connectivity index (χ3v) is 3.40. The van der Waals surface area contributed by atoms with Crippen molar-refractivity contribution < 1.29 is 0 Å². The predicted octanol–water partition coefficient (Wildman–Crippen LogP) is 4.47. The smallest absolute Gasteiger partial charge is 0.0214 e. The molecule has 0 bridgehead atoms. The first kappa shape index (κ1) is 13.8. The molecular weight excluding hydrogens is 230 g/mol. The molecule has 0 radical (unpaired) electrons. The Balaban J connectivity index is 2.41. The maximum Gasteiger partial charge on any atom is 0.0214 e. The van der Waals surface area contributed by atoms with Crippen molar-refractivity contribution in [2.75, 3.05) is 0 Å². The average Bonchev–Trinajstić information content (AvgIpc) is 2.39. The minimum Gasteiger partial charge on any atom is -0.310 e. The van der Waals surface area contributed by atoms with Crippen LogP contribution in [0, 0.1) is 13.8 Å². The predicted molar refractivity (Wildman–Crippen MR) is 83.3 cm³/mol. The third-order valence-electron chi connectivity index (χ3n) is 3.40. The minimum atomic E-state index is 0.506. The monoisotopic (exact) mass is 253 g/mol. The lowest BCUT2D eigenvalue weighted by atomic mass is 9.94. The maximum absolute atomic E-state index is 3.51. The molecule has 2 rings (SSSR count). The quantitative estimate of drug-likeness (QED) is 0.847. The van der Waals surface area contributed by atoms with Gasteiger partial charge >= 0.3 is 0 Å². The van der Waals surface area contributed by atoms with E-state index in [0.29, 0.717) is 6.04 Å². The molecule has 0 spiro atoms. The molecule has 19 heavy (non-hydrogen) atoms. The highest BCUT2D eigenvalue weighted by molar-refractivity contribution is 5.71. The van der Waals surface area contributed by atoms with Crippen LogP contribution in [0.15, 0.2) is 42.5 Å². The van der Waals surface area contributed by atoms with Gasteiger partial charge in [0.15, 0.2) is 0 Å². The van der Waals surface area contributed by atoms with Gasteiger partial charge in [0.25, 0.3) is 0 Å². The first-order chi connectivity index (χ1) is 9.08. The van der Waals surface area contributed by atoms with Crippen molar-refractivity contribution in [3.63, 3.8) is 0 Å². The zero-order valence-electron chi connectivity index (χ0n) is 12.3. The molecule has 0 aliphatic rings. The van der Waals surface area contributed by atoms with Gasteiger partial charge in [-0.3, -0.25) is 0 Å². The van der Waals surface area contributed by atoms with Gasteiger partial charge in [0, 0.05) is 12.6 Å². The van der Waals surface area contributed by atoms with Crippen molar-refractivity contribution >= 4 is 0 Å². The van der Waals surface area contributed by atoms with E-state index in [1.807, 2.05) is 0 Å². The van der Waals surface area contributed by atoms with Crippen LogP contribution in [0.25, 0.3) is 11.1 Å². The van der Waals surface area contributed by atoms with E-state index in [1.165, 1.54) is 27.8 Å². The number of benzene rings is 2. The number of nitrogens with one attached hydrogen (secondary N) is 1. The van der Waals surface area contributed by atoms with Crippen molar-refractivity contribution in [2.45, 2.75) is 40.3 Å². The van der Waals surface area contributed by atoms with E-state index < -0.39 is 0 Å². The van der Waals surface area contributed by atoms with Gasteiger partial charge in [-0.05, 0) is 36.1 Å². The fourth-order valence-electron chi connectivity index (χ4n) is 2.28. The first-order valence-electron chi connectivity index (χ1n) is 6.97. The zero-order valence-corrected chi connectivity index (χ0v) is 12.3. The Morgan fingerprint density at radius 1 is 0.947 bits per heavy atom. The Kier molecular flexibility index (Phi) is 4.39. The summed E-state index contributed by atoms with van der Waals surface area (Å²) in [4.78, 5) is 0. The summed E-state index contributed by atoms with van der Waals surface area (Å²) >= 11 is 0. The molecule has 0 unspecified atom stereocenters. The van der Waals surface area contributed by atoms with E-state index >= 15 is 0 Å². The second-order valence-electron chi connectivity index (χ2n) is 5.51. The summed E-state index contributed by atoms with van der Waals surface area (Å²) in [5.74, 6) is 0. The molecule has 0 heterocycles. The van der Waals surface area contributed by atoms with Gasteiger partial charge in [0.2, 0.25) is 0 Å². The minimum absolute atomic E-state index is 0.506. The summed E-state index contributed by atoms with van der Waals surface area (Å²) in [5, 5.41) is 3.51. The summed E-state index contributed by atoms with van der Waals surface area (Å²) < 4.78 is 0. The molecule has 2 aromatic carbocycles. The van der Waals surface area contributed by atoms with Crippen LogP contribution in [0.5, 0.6) is 0 Å². The zero-order chi connectivity index (χ0) is 13.8. The molecule has 100 valence electrons. The van der Waals surface area contributed by atoms with Gasteiger partial charge in [0.1, 0.15) is 0 Å². The van der Waals surface area contributed by atoms with E-state index in [9.17, 15) is 0 Å².